The summed E-state index contributed by atoms with van der Waals surface area (Å²) in [6.45, 7) is 6.64. The minimum Gasteiger partial charge on any atom is -0.372 e. The molecule has 0 aliphatic rings. The van der Waals surface area contributed by atoms with Gasteiger partial charge in [0.25, 0.3) is 0 Å². The summed E-state index contributed by atoms with van der Waals surface area (Å²) >= 11 is 5.17. The monoisotopic (exact) mass is 325 g/mol. The predicted octanol–water partition coefficient (Wildman–Crippen LogP) is 4.31. The van der Waals surface area contributed by atoms with E-state index in [-0.39, 0.29) is 5.41 Å². The molecular weight excluding hydrogens is 310 g/mol. The highest BCUT2D eigenvalue weighted by Crippen LogP contribution is 2.34. The lowest BCUT2D eigenvalue weighted by Crippen LogP contribution is -2.07. The van der Waals surface area contributed by atoms with Crippen LogP contribution in [0.15, 0.2) is 22.8 Å². The average Bonchev–Trinajstić information content (AvgIpc) is 2.78. The Morgan fingerprint density at radius 3 is 2.56 bits per heavy atom. The van der Waals surface area contributed by atoms with Gasteiger partial charge in [-0.3, -0.25) is 0 Å². The molecule has 1 N–H and O–H groups in total. The Kier molecular flexibility index (Phi) is 3.73. The summed E-state index contributed by atoms with van der Waals surface area (Å²) in [6, 6.07) is 4.25. The Morgan fingerprint density at radius 2 is 2.00 bits per heavy atom. The van der Waals surface area contributed by atoms with Gasteiger partial charge in [0, 0.05) is 18.1 Å². The van der Waals surface area contributed by atoms with Crippen molar-refractivity contribution in [2.75, 3.05) is 12.4 Å². The highest BCUT2D eigenvalue weighted by Gasteiger charge is 2.17. The maximum Gasteiger partial charge on any atom is 0.171 e. The van der Waals surface area contributed by atoms with Crippen LogP contribution < -0.4 is 5.32 Å². The third kappa shape index (κ3) is 2.72. The smallest absolute Gasteiger partial charge is 0.171 e. The standard InChI is InChI=1S/C13H16BrN3S/c1-13(2,3)10-6-5-9(18-10)12-16-7-8(14)11(15-4)17-12/h5-7H,1-4H3,(H,15,16,17). The number of nitrogens with one attached hydrogen (secondary N) is 1. The lowest BCUT2D eigenvalue weighted by molar-refractivity contribution is 0.604. The van der Waals surface area contributed by atoms with Crippen LogP contribution in [0.25, 0.3) is 10.7 Å². The van der Waals surface area contributed by atoms with Crippen molar-refractivity contribution in [1.82, 2.24) is 9.97 Å². The van der Waals surface area contributed by atoms with Gasteiger partial charge in [-0.15, -0.1) is 11.3 Å². The van der Waals surface area contributed by atoms with Crippen LogP contribution in [0, 0.1) is 0 Å². The molecule has 0 saturated heterocycles. The molecule has 2 heterocycles. The van der Waals surface area contributed by atoms with E-state index in [0.29, 0.717) is 0 Å². The second kappa shape index (κ2) is 4.97. The van der Waals surface area contributed by atoms with E-state index in [2.05, 4.69) is 64.1 Å². The van der Waals surface area contributed by atoms with Gasteiger partial charge in [0.15, 0.2) is 5.82 Å². The molecule has 3 nitrogen and oxygen atoms in total. The van der Waals surface area contributed by atoms with Gasteiger partial charge < -0.3 is 5.32 Å². The number of hydrogen-bond donors (Lipinski definition) is 1. The van der Waals surface area contributed by atoms with E-state index in [0.717, 1.165) is 21.0 Å². The predicted molar refractivity (Wildman–Crippen MR) is 81.3 cm³/mol. The topological polar surface area (TPSA) is 37.8 Å². The summed E-state index contributed by atoms with van der Waals surface area (Å²) in [6.07, 6.45) is 1.78. The zero-order valence-corrected chi connectivity index (χ0v) is 13.3. The summed E-state index contributed by atoms with van der Waals surface area (Å²) in [7, 11) is 1.85. The molecule has 5 heteroatoms. The third-order valence-corrected chi connectivity index (χ3v) is 4.63. The van der Waals surface area contributed by atoms with Crippen molar-refractivity contribution in [3.63, 3.8) is 0 Å². The SMILES string of the molecule is CNc1nc(-c2ccc(C(C)(C)C)s2)ncc1Br. The fourth-order valence-electron chi connectivity index (χ4n) is 1.52. The Bertz CT molecular complexity index is 558. The lowest BCUT2D eigenvalue weighted by Gasteiger charge is -2.15. The molecule has 0 aromatic carbocycles. The summed E-state index contributed by atoms with van der Waals surface area (Å²) in [5.41, 5.74) is 0.171. The minimum atomic E-state index is 0.171. The molecular formula is C13H16BrN3S. The summed E-state index contributed by atoms with van der Waals surface area (Å²) in [4.78, 5) is 11.3. The van der Waals surface area contributed by atoms with Crippen molar-refractivity contribution >= 4 is 33.1 Å². The van der Waals surface area contributed by atoms with E-state index >= 15 is 0 Å². The Morgan fingerprint density at radius 1 is 1.28 bits per heavy atom. The molecule has 0 amide bonds. The molecule has 96 valence electrons. The quantitative estimate of drug-likeness (QED) is 0.894. The highest BCUT2D eigenvalue weighted by molar-refractivity contribution is 9.10. The van der Waals surface area contributed by atoms with E-state index in [1.807, 2.05) is 7.05 Å². The zero-order valence-electron chi connectivity index (χ0n) is 10.9. The third-order valence-electron chi connectivity index (χ3n) is 2.55. The molecule has 2 aromatic heterocycles. The largest absolute Gasteiger partial charge is 0.372 e. The second-order valence-corrected chi connectivity index (χ2v) is 6.99. The van der Waals surface area contributed by atoms with E-state index in [1.54, 1.807) is 17.5 Å². The number of halogens is 1. The lowest BCUT2D eigenvalue weighted by atomic mass is 9.95. The Labute approximate surface area is 120 Å². The first-order valence-electron chi connectivity index (χ1n) is 5.73. The van der Waals surface area contributed by atoms with Crippen LogP contribution in [0.1, 0.15) is 25.6 Å². The molecule has 0 atom stereocenters. The molecule has 0 fully saturated rings. The van der Waals surface area contributed by atoms with Gasteiger partial charge in [0.1, 0.15) is 5.82 Å². The molecule has 18 heavy (non-hydrogen) atoms. The van der Waals surface area contributed by atoms with Crippen molar-refractivity contribution < 1.29 is 0 Å². The first-order valence-corrected chi connectivity index (χ1v) is 7.34. The van der Waals surface area contributed by atoms with Gasteiger partial charge in [-0.2, -0.15) is 0 Å². The van der Waals surface area contributed by atoms with E-state index < -0.39 is 0 Å². The molecule has 0 spiro atoms. The Hall–Kier alpha value is -0.940. The maximum absolute atomic E-state index is 4.50. The molecule has 0 bridgehead atoms. The van der Waals surface area contributed by atoms with Crippen molar-refractivity contribution in [3.8, 4) is 10.7 Å². The summed E-state index contributed by atoms with van der Waals surface area (Å²) in [5, 5.41) is 3.05. The minimum absolute atomic E-state index is 0.171. The number of thiophene rings is 1. The van der Waals surface area contributed by atoms with Crippen LogP contribution in [-0.4, -0.2) is 17.0 Å². The average molecular weight is 326 g/mol. The van der Waals surface area contributed by atoms with Crippen molar-refractivity contribution in [2.24, 2.45) is 0 Å². The van der Waals surface area contributed by atoms with E-state index in [4.69, 9.17) is 0 Å². The van der Waals surface area contributed by atoms with Crippen molar-refractivity contribution in [3.05, 3.63) is 27.7 Å². The molecule has 0 aliphatic carbocycles. The van der Waals surface area contributed by atoms with Gasteiger partial charge in [-0.05, 0) is 33.5 Å². The maximum atomic E-state index is 4.50. The fraction of sp³-hybridized carbons (Fsp3) is 0.385. The van der Waals surface area contributed by atoms with E-state index in [9.17, 15) is 0 Å². The van der Waals surface area contributed by atoms with Crippen molar-refractivity contribution in [1.29, 1.82) is 0 Å². The zero-order chi connectivity index (χ0) is 13.3. The van der Waals surface area contributed by atoms with Crippen LogP contribution in [-0.2, 0) is 5.41 Å². The van der Waals surface area contributed by atoms with Gasteiger partial charge in [0.2, 0.25) is 0 Å². The molecule has 0 unspecified atom stereocenters. The fourth-order valence-corrected chi connectivity index (χ4v) is 2.92. The molecule has 0 saturated carbocycles. The molecule has 2 aromatic rings. The van der Waals surface area contributed by atoms with Crippen LogP contribution in [0.3, 0.4) is 0 Å². The van der Waals surface area contributed by atoms with Crippen LogP contribution in [0.5, 0.6) is 0 Å². The van der Waals surface area contributed by atoms with Gasteiger partial charge in [-0.25, -0.2) is 9.97 Å². The Balaban J connectivity index is 2.40. The summed E-state index contributed by atoms with van der Waals surface area (Å²) in [5.74, 6) is 1.58. The number of nitrogens with zero attached hydrogens (tertiary/aromatic N) is 2. The van der Waals surface area contributed by atoms with Crippen LogP contribution in [0.2, 0.25) is 0 Å². The number of hydrogen-bond acceptors (Lipinski definition) is 4. The number of anilines is 1. The van der Waals surface area contributed by atoms with E-state index in [1.165, 1.54) is 4.88 Å². The van der Waals surface area contributed by atoms with Crippen LogP contribution in [0.4, 0.5) is 5.82 Å². The first kappa shape index (κ1) is 13.5. The molecule has 0 radical (unpaired) electrons. The second-order valence-electron chi connectivity index (χ2n) is 5.05. The van der Waals surface area contributed by atoms with Crippen molar-refractivity contribution in [2.45, 2.75) is 26.2 Å². The highest BCUT2D eigenvalue weighted by atomic mass is 79.9. The molecule has 2 rings (SSSR count). The summed E-state index contributed by atoms with van der Waals surface area (Å²) < 4.78 is 0.876. The van der Waals surface area contributed by atoms with Gasteiger partial charge in [0.05, 0.1) is 9.35 Å². The molecule has 0 aliphatic heterocycles. The van der Waals surface area contributed by atoms with Gasteiger partial charge in [-0.1, -0.05) is 20.8 Å². The normalized spacial score (nSPS) is 11.6. The first-order chi connectivity index (χ1) is 8.41. The van der Waals surface area contributed by atoms with Crippen LogP contribution >= 0.6 is 27.3 Å². The van der Waals surface area contributed by atoms with Gasteiger partial charge >= 0.3 is 0 Å². The number of aromatic nitrogens is 2. The number of rotatable bonds is 2.